The maximum Gasteiger partial charge on any atom is 0.338 e. The van der Waals surface area contributed by atoms with Gasteiger partial charge in [-0.05, 0) is 59.7 Å². The fraction of sp³-hybridized carbons (Fsp3) is 0.364. The lowest BCUT2D eigenvalue weighted by molar-refractivity contribution is 0.0505. The molecule has 0 aliphatic heterocycles. The third-order valence-electron chi connectivity index (χ3n) is 1.95. The van der Waals surface area contributed by atoms with E-state index in [4.69, 9.17) is 4.74 Å². The topological polar surface area (TPSA) is 26.3 Å². The Morgan fingerprint density at radius 2 is 2.27 bits per heavy atom. The molecule has 0 aliphatic rings. The summed E-state index contributed by atoms with van der Waals surface area (Å²) in [5, 5.41) is 0. The summed E-state index contributed by atoms with van der Waals surface area (Å²) in [5.41, 5.74) is 1.73. The number of carbonyl (C=O) groups excluding carboxylic acids is 1. The Balaban J connectivity index is 2.62. The van der Waals surface area contributed by atoms with Crippen LogP contribution in [0.3, 0.4) is 0 Å². The SMILES string of the molecule is Cc1cc(C(=O)OCCC[Si])ccc1I. The first-order valence-corrected chi connectivity index (χ1v) is 6.51. The number of hydrogen-bond donors (Lipinski definition) is 0. The highest BCUT2D eigenvalue weighted by molar-refractivity contribution is 14.1. The van der Waals surface area contributed by atoms with Crippen molar-refractivity contribution in [3.8, 4) is 0 Å². The predicted molar refractivity (Wildman–Crippen MR) is 69.4 cm³/mol. The van der Waals surface area contributed by atoms with Gasteiger partial charge in [-0.1, -0.05) is 6.04 Å². The fourth-order valence-corrected chi connectivity index (χ4v) is 1.57. The lowest BCUT2D eigenvalue weighted by Gasteiger charge is -2.05. The van der Waals surface area contributed by atoms with Gasteiger partial charge < -0.3 is 4.74 Å². The van der Waals surface area contributed by atoms with Gasteiger partial charge in [-0.2, -0.15) is 0 Å². The summed E-state index contributed by atoms with van der Waals surface area (Å²) >= 11 is 2.24. The van der Waals surface area contributed by atoms with Gasteiger partial charge in [0.1, 0.15) is 0 Å². The quantitative estimate of drug-likeness (QED) is 0.367. The molecule has 0 unspecified atom stereocenters. The Morgan fingerprint density at radius 1 is 1.53 bits per heavy atom. The van der Waals surface area contributed by atoms with Crippen LogP contribution in [0.15, 0.2) is 18.2 Å². The van der Waals surface area contributed by atoms with E-state index in [1.54, 1.807) is 6.07 Å². The van der Waals surface area contributed by atoms with Crippen LogP contribution in [0.1, 0.15) is 22.3 Å². The average Bonchev–Trinajstić information content (AvgIpc) is 2.22. The zero-order valence-electron chi connectivity index (χ0n) is 8.55. The summed E-state index contributed by atoms with van der Waals surface area (Å²) in [4.78, 5) is 11.5. The Labute approximate surface area is 107 Å². The van der Waals surface area contributed by atoms with Crippen molar-refractivity contribution < 1.29 is 9.53 Å². The van der Waals surface area contributed by atoms with Crippen LogP contribution in [-0.4, -0.2) is 22.8 Å². The summed E-state index contributed by atoms with van der Waals surface area (Å²) < 4.78 is 6.25. The second kappa shape index (κ2) is 6.27. The molecule has 0 saturated heterocycles. The number of rotatable bonds is 4. The largest absolute Gasteiger partial charge is 0.462 e. The number of carbonyl (C=O) groups is 1. The van der Waals surface area contributed by atoms with Gasteiger partial charge in [0.15, 0.2) is 0 Å². The van der Waals surface area contributed by atoms with E-state index in [-0.39, 0.29) is 5.97 Å². The number of halogens is 1. The first kappa shape index (κ1) is 12.7. The molecule has 0 amide bonds. The summed E-state index contributed by atoms with van der Waals surface area (Å²) in [5.74, 6) is -0.241. The van der Waals surface area contributed by atoms with E-state index in [1.807, 2.05) is 19.1 Å². The van der Waals surface area contributed by atoms with E-state index in [0.29, 0.717) is 12.2 Å². The monoisotopic (exact) mass is 331 g/mol. The highest BCUT2D eigenvalue weighted by Gasteiger charge is 2.07. The Morgan fingerprint density at radius 3 is 2.87 bits per heavy atom. The average molecular weight is 331 g/mol. The van der Waals surface area contributed by atoms with Crippen LogP contribution in [0.25, 0.3) is 0 Å². The molecule has 79 valence electrons. The van der Waals surface area contributed by atoms with Crippen LogP contribution >= 0.6 is 22.6 Å². The van der Waals surface area contributed by atoms with Gasteiger partial charge in [0.25, 0.3) is 0 Å². The molecule has 1 rings (SSSR count). The lowest BCUT2D eigenvalue weighted by atomic mass is 10.1. The summed E-state index contributed by atoms with van der Waals surface area (Å²) in [6, 6.07) is 6.43. The Kier molecular flexibility index (Phi) is 5.31. The minimum absolute atomic E-state index is 0.241. The van der Waals surface area contributed by atoms with E-state index in [0.717, 1.165) is 21.6 Å². The van der Waals surface area contributed by atoms with Crippen LogP contribution in [0.2, 0.25) is 6.04 Å². The van der Waals surface area contributed by atoms with Crippen molar-refractivity contribution in [2.24, 2.45) is 0 Å². The molecule has 0 bridgehead atoms. The minimum atomic E-state index is -0.241. The highest BCUT2D eigenvalue weighted by atomic mass is 127. The molecule has 1 aromatic carbocycles. The van der Waals surface area contributed by atoms with Gasteiger partial charge >= 0.3 is 5.97 Å². The Bertz CT molecular complexity index is 352. The molecule has 4 heteroatoms. The van der Waals surface area contributed by atoms with Crippen LogP contribution in [0.5, 0.6) is 0 Å². The van der Waals surface area contributed by atoms with Gasteiger partial charge in [-0.25, -0.2) is 4.79 Å². The molecule has 15 heavy (non-hydrogen) atoms. The van der Waals surface area contributed by atoms with E-state index >= 15 is 0 Å². The fourth-order valence-electron chi connectivity index (χ4n) is 1.09. The summed E-state index contributed by atoms with van der Waals surface area (Å²) in [7, 11) is 3.33. The van der Waals surface area contributed by atoms with Crippen molar-refractivity contribution >= 4 is 38.8 Å². The molecule has 0 saturated carbocycles. The second-order valence-corrected chi connectivity index (χ2v) is 4.87. The van der Waals surface area contributed by atoms with Gasteiger partial charge in [-0.15, -0.1) is 0 Å². The van der Waals surface area contributed by atoms with Gasteiger partial charge in [-0.3, -0.25) is 0 Å². The van der Waals surface area contributed by atoms with Gasteiger partial charge in [0.05, 0.1) is 12.2 Å². The predicted octanol–water partition coefficient (Wildman–Crippen LogP) is 2.73. The minimum Gasteiger partial charge on any atom is -0.462 e. The molecular formula is C11H12IO2Si. The number of ether oxygens (including phenoxy) is 1. The zero-order valence-corrected chi connectivity index (χ0v) is 11.7. The molecule has 0 aliphatic carbocycles. The first-order chi connectivity index (χ1) is 7.15. The third kappa shape index (κ3) is 3.94. The molecule has 0 N–H and O–H groups in total. The second-order valence-electron chi connectivity index (χ2n) is 3.20. The van der Waals surface area contributed by atoms with Crippen LogP contribution in [0.4, 0.5) is 0 Å². The van der Waals surface area contributed by atoms with E-state index in [2.05, 4.69) is 32.8 Å². The van der Waals surface area contributed by atoms with Crippen LogP contribution in [0, 0.1) is 10.5 Å². The van der Waals surface area contributed by atoms with Crippen molar-refractivity contribution in [1.29, 1.82) is 0 Å². The normalized spacial score (nSPS) is 10.1. The number of aryl methyl sites for hydroxylation is 1. The van der Waals surface area contributed by atoms with Crippen molar-refractivity contribution in [3.63, 3.8) is 0 Å². The van der Waals surface area contributed by atoms with Crippen molar-refractivity contribution in [2.75, 3.05) is 6.61 Å². The van der Waals surface area contributed by atoms with Gasteiger partial charge in [0, 0.05) is 13.8 Å². The third-order valence-corrected chi connectivity index (χ3v) is 3.51. The standard InChI is InChI=1S/C11H12IO2Si/c1-8-7-9(3-4-10(8)12)11(13)14-5-2-6-15/h3-4,7H,2,5-6H2,1H3. The molecule has 0 aromatic heterocycles. The zero-order chi connectivity index (χ0) is 11.3. The smallest absolute Gasteiger partial charge is 0.338 e. The molecule has 0 heterocycles. The molecule has 0 atom stereocenters. The summed E-state index contributed by atoms with van der Waals surface area (Å²) in [6.45, 7) is 2.45. The van der Waals surface area contributed by atoms with E-state index in [1.165, 1.54) is 0 Å². The van der Waals surface area contributed by atoms with Gasteiger partial charge in [0.2, 0.25) is 0 Å². The molecule has 2 nitrogen and oxygen atoms in total. The van der Waals surface area contributed by atoms with E-state index in [9.17, 15) is 4.79 Å². The van der Waals surface area contributed by atoms with Crippen molar-refractivity contribution in [3.05, 3.63) is 32.9 Å². The Hall–Kier alpha value is -0.363. The number of hydrogen-bond acceptors (Lipinski definition) is 2. The number of esters is 1. The highest BCUT2D eigenvalue weighted by Crippen LogP contribution is 2.14. The lowest BCUT2D eigenvalue weighted by Crippen LogP contribution is -2.06. The van der Waals surface area contributed by atoms with E-state index < -0.39 is 0 Å². The molecule has 0 spiro atoms. The summed E-state index contributed by atoms with van der Waals surface area (Å²) in [6.07, 6.45) is 0.839. The maximum absolute atomic E-state index is 11.5. The van der Waals surface area contributed by atoms with Crippen molar-refractivity contribution in [2.45, 2.75) is 19.4 Å². The van der Waals surface area contributed by atoms with Crippen LogP contribution < -0.4 is 0 Å². The molecule has 3 radical (unpaired) electrons. The molecule has 0 fully saturated rings. The molecular weight excluding hydrogens is 319 g/mol. The van der Waals surface area contributed by atoms with Crippen molar-refractivity contribution in [1.82, 2.24) is 0 Å². The molecule has 1 aromatic rings. The number of benzene rings is 1. The maximum atomic E-state index is 11.5. The van der Waals surface area contributed by atoms with Crippen LogP contribution in [-0.2, 0) is 4.74 Å². The first-order valence-electron chi connectivity index (χ1n) is 4.73.